The lowest BCUT2D eigenvalue weighted by Gasteiger charge is -2.27. The third kappa shape index (κ3) is 3.34. The molecule has 0 aliphatic carbocycles. The first-order valence-electron chi connectivity index (χ1n) is 8.33. The minimum atomic E-state index is -0.725. The largest absolute Gasteiger partial charge is 0.502 e. The van der Waals surface area contributed by atoms with Gasteiger partial charge in [-0.3, -0.25) is 24.6 Å². The average Bonchev–Trinajstić information content (AvgIpc) is 2.64. The Hall–Kier alpha value is -3.04. The van der Waals surface area contributed by atoms with Gasteiger partial charge in [0.15, 0.2) is 5.75 Å². The monoisotopic (exact) mass is 374 g/mol. The maximum Gasteiger partial charge on any atom is 0.318 e. The molecular weight excluding hydrogens is 356 g/mol. The number of imide groups is 1. The molecule has 142 valence electrons. The first-order chi connectivity index (χ1) is 13.0. The van der Waals surface area contributed by atoms with Crippen molar-refractivity contribution in [2.45, 2.75) is 6.42 Å². The van der Waals surface area contributed by atoms with Gasteiger partial charge in [-0.05, 0) is 18.6 Å². The van der Waals surface area contributed by atoms with Crippen LogP contribution in [0.5, 0.6) is 5.75 Å². The summed E-state index contributed by atoms with van der Waals surface area (Å²) in [6, 6.07) is 5.48. The molecule has 2 aromatic carbocycles. The molecule has 0 fully saturated rings. The van der Waals surface area contributed by atoms with Crippen LogP contribution in [0.25, 0.3) is 10.8 Å². The number of carbonyl (C=O) groups excluding carboxylic acids is 2. The quantitative estimate of drug-likeness (QED) is 0.325. The molecule has 0 saturated carbocycles. The van der Waals surface area contributed by atoms with Crippen LogP contribution in [0.15, 0.2) is 24.3 Å². The number of nitrogens with zero attached hydrogens (tertiary/aromatic N) is 2. The van der Waals surface area contributed by atoms with Gasteiger partial charge in [0.05, 0.1) is 29.1 Å². The van der Waals surface area contributed by atoms with E-state index in [0.29, 0.717) is 26.2 Å². The second kappa shape index (κ2) is 7.68. The van der Waals surface area contributed by atoms with Gasteiger partial charge < -0.3 is 14.6 Å². The number of methoxy groups -OCH3 is 1. The van der Waals surface area contributed by atoms with E-state index < -0.39 is 28.2 Å². The number of phenols is 1. The summed E-state index contributed by atoms with van der Waals surface area (Å²) in [7, 11) is 1.56. The SMILES string of the molecule is COCCOCCCN1C(=O)c2cccc3c([N+](=O)[O-])c(O)cc(c23)C1=O. The number of rotatable bonds is 8. The zero-order valence-electron chi connectivity index (χ0n) is 14.6. The van der Waals surface area contributed by atoms with E-state index in [9.17, 15) is 24.8 Å². The fraction of sp³-hybridized carbons (Fsp3) is 0.333. The first-order valence-corrected chi connectivity index (χ1v) is 8.33. The molecular formula is C18H18N2O7. The molecule has 1 aliphatic heterocycles. The highest BCUT2D eigenvalue weighted by Crippen LogP contribution is 2.40. The second-order valence-corrected chi connectivity index (χ2v) is 6.00. The van der Waals surface area contributed by atoms with Crippen LogP contribution in [-0.2, 0) is 9.47 Å². The molecule has 1 aliphatic rings. The molecule has 9 nitrogen and oxygen atoms in total. The minimum Gasteiger partial charge on any atom is -0.502 e. The van der Waals surface area contributed by atoms with Gasteiger partial charge in [0, 0.05) is 37.3 Å². The number of carbonyl (C=O) groups is 2. The number of aromatic hydroxyl groups is 1. The second-order valence-electron chi connectivity index (χ2n) is 6.00. The summed E-state index contributed by atoms with van der Waals surface area (Å²) in [6.45, 7) is 1.36. The molecule has 1 N–H and O–H groups in total. The third-order valence-electron chi connectivity index (χ3n) is 4.35. The zero-order chi connectivity index (χ0) is 19.6. The van der Waals surface area contributed by atoms with Gasteiger partial charge >= 0.3 is 5.69 Å². The Morgan fingerprint density at radius 3 is 2.59 bits per heavy atom. The number of phenolic OH excluding ortho intramolecular Hbond substituents is 1. The summed E-state index contributed by atoms with van der Waals surface area (Å²) in [5.74, 6) is -1.72. The highest BCUT2D eigenvalue weighted by Gasteiger charge is 2.35. The van der Waals surface area contributed by atoms with Crippen LogP contribution in [0.1, 0.15) is 27.1 Å². The van der Waals surface area contributed by atoms with Crippen LogP contribution >= 0.6 is 0 Å². The first kappa shape index (κ1) is 18.7. The van der Waals surface area contributed by atoms with Crippen LogP contribution in [0.4, 0.5) is 5.69 Å². The van der Waals surface area contributed by atoms with Crippen molar-refractivity contribution in [3.63, 3.8) is 0 Å². The molecule has 9 heteroatoms. The van der Waals surface area contributed by atoms with E-state index in [1.165, 1.54) is 18.2 Å². The third-order valence-corrected chi connectivity index (χ3v) is 4.35. The van der Waals surface area contributed by atoms with Crippen molar-refractivity contribution in [1.82, 2.24) is 4.90 Å². The normalized spacial score (nSPS) is 13.4. The van der Waals surface area contributed by atoms with Gasteiger partial charge in [0.2, 0.25) is 0 Å². The Bertz CT molecular complexity index is 926. The summed E-state index contributed by atoms with van der Waals surface area (Å²) in [5, 5.41) is 21.6. The molecule has 0 spiro atoms. The van der Waals surface area contributed by atoms with E-state index in [-0.39, 0.29) is 28.4 Å². The Morgan fingerprint density at radius 2 is 1.89 bits per heavy atom. The summed E-state index contributed by atoms with van der Waals surface area (Å²) in [4.78, 5) is 37.2. The van der Waals surface area contributed by atoms with Crippen LogP contribution < -0.4 is 0 Å². The predicted molar refractivity (Wildman–Crippen MR) is 94.9 cm³/mol. The standard InChI is InChI=1S/C18H18N2O7/c1-26-8-9-27-7-3-6-19-17(22)12-5-2-4-11-15(12)13(18(19)23)10-14(21)16(11)20(24)25/h2,4-5,10,21H,3,6-9H2,1H3. The van der Waals surface area contributed by atoms with Gasteiger partial charge in [0.25, 0.3) is 11.8 Å². The van der Waals surface area contributed by atoms with Crippen LogP contribution in [0, 0.1) is 10.1 Å². The van der Waals surface area contributed by atoms with E-state index in [2.05, 4.69) is 0 Å². The summed E-state index contributed by atoms with van der Waals surface area (Å²) < 4.78 is 10.2. The molecule has 2 amide bonds. The molecule has 0 unspecified atom stereocenters. The lowest BCUT2D eigenvalue weighted by Crippen LogP contribution is -2.41. The van der Waals surface area contributed by atoms with Crippen LogP contribution in [0.2, 0.25) is 0 Å². The molecule has 0 atom stereocenters. The number of amides is 2. The molecule has 0 bridgehead atoms. The van der Waals surface area contributed by atoms with Gasteiger partial charge in [0.1, 0.15) is 0 Å². The number of ether oxygens (including phenoxy) is 2. The molecule has 1 heterocycles. The van der Waals surface area contributed by atoms with Gasteiger partial charge in [-0.15, -0.1) is 0 Å². The minimum absolute atomic E-state index is 0.0664. The van der Waals surface area contributed by atoms with Gasteiger partial charge in [-0.1, -0.05) is 6.07 Å². The van der Waals surface area contributed by atoms with Crippen molar-refractivity contribution in [2.24, 2.45) is 0 Å². The van der Waals surface area contributed by atoms with E-state index >= 15 is 0 Å². The number of hydrogen-bond acceptors (Lipinski definition) is 7. The van der Waals surface area contributed by atoms with E-state index in [1.54, 1.807) is 7.11 Å². The Morgan fingerprint density at radius 1 is 1.15 bits per heavy atom. The van der Waals surface area contributed by atoms with Crippen molar-refractivity contribution >= 4 is 28.3 Å². The molecule has 27 heavy (non-hydrogen) atoms. The van der Waals surface area contributed by atoms with Gasteiger partial charge in [-0.2, -0.15) is 0 Å². The maximum atomic E-state index is 12.8. The Labute approximate surface area is 154 Å². The molecule has 2 aromatic rings. The highest BCUT2D eigenvalue weighted by atomic mass is 16.6. The average molecular weight is 374 g/mol. The summed E-state index contributed by atoms with van der Waals surface area (Å²) in [6.07, 6.45) is 0.436. The fourth-order valence-electron chi connectivity index (χ4n) is 3.15. The molecule has 0 saturated heterocycles. The predicted octanol–water partition coefficient (Wildman–Crippen LogP) is 2.10. The highest BCUT2D eigenvalue weighted by molar-refractivity contribution is 6.26. The lowest BCUT2D eigenvalue weighted by molar-refractivity contribution is -0.384. The van der Waals surface area contributed by atoms with E-state index in [1.807, 2.05) is 0 Å². The van der Waals surface area contributed by atoms with Crippen LogP contribution in [-0.4, -0.2) is 60.2 Å². The smallest absolute Gasteiger partial charge is 0.318 e. The maximum absolute atomic E-state index is 12.8. The van der Waals surface area contributed by atoms with Crippen molar-refractivity contribution in [3.05, 3.63) is 45.5 Å². The van der Waals surface area contributed by atoms with Crippen molar-refractivity contribution in [2.75, 3.05) is 33.5 Å². The number of benzene rings is 2. The van der Waals surface area contributed by atoms with E-state index in [4.69, 9.17) is 9.47 Å². The topological polar surface area (TPSA) is 119 Å². The zero-order valence-corrected chi connectivity index (χ0v) is 14.6. The lowest BCUT2D eigenvalue weighted by atomic mass is 9.92. The van der Waals surface area contributed by atoms with Crippen molar-refractivity contribution < 1.29 is 29.1 Å². The number of nitro groups is 1. The number of nitro benzene ring substituents is 1. The van der Waals surface area contributed by atoms with E-state index in [0.717, 1.165) is 11.0 Å². The molecule has 0 aromatic heterocycles. The Kier molecular flexibility index (Phi) is 5.33. The van der Waals surface area contributed by atoms with Crippen LogP contribution in [0.3, 0.4) is 0 Å². The summed E-state index contributed by atoms with van der Waals surface area (Å²) >= 11 is 0. The molecule has 0 radical (unpaired) electrons. The van der Waals surface area contributed by atoms with Gasteiger partial charge in [-0.25, -0.2) is 0 Å². The summed E-state index contributed by atoms with van der Waals surface area (Å²) in [5.41, 5.74) is -0.245. The van der Waals surface area contributed by atoms with Crippen molar-refractivity contribution in [1.29, 1.82) is 0 Å². The number of hydrogen-bond donors (Lipinski definition) is 1. The molecule has 3 rings (SSSR count). The fourth-order valence-corrected chi connectivity index (χ4v) is 3.15. The van der Waals surface area contributed by atoms with Crippen molar-refractivity contribution in [3.8, 4) is 5.75 Å². The Balaban J connectivity index is 1.92.